The van der Waals surface area contributed by atoms with Gasteiger partial charge in [0.05, 0.1) is 19.9 Å². The second-order valence-corrected chi connectivity index (χ2v) is 6.00. The maximum Gasteiger partial charge on any atom is 0.141 e. The molecular weight excluding hydrogens is 332 g/mol. The van der Waals surface area contributed by atoms with E-state index in [9.17, 15) is 0 Å². The zero-order valence-corrected chi connectivity index (χ0v) is 13.4. The molecule has 1 unspecified atom stereocenters. The first-order valence-electron chi connectivity index (χ1n) is 6.86. The van der Waals surface area contributed by atoms with Gasteiger partial charge in [-0.3, -0.25) is 4.98 Å². The van der Waals surface area contributed by atoms with E-state index in [0.29, 0.717) is 6.42 Å². The van der Waals surface area contributed by atoms with Crippen LogP contribution in [0.3, 0.4) is 0 Å². The number of pyridine rings is 1. The Bertz CT molecular complexity index is 661. The van der Waals surface area contributed by atoms with Gasteiger partial charge in [0.25, 0.3) is 0 Å². The summed E-state index contributed by atoms with van der Waals surface area (Å²) >= 11 is 3.56. The first-order chi connectivity index (χ1) is 10.2. The largest absolute Gasteiger partial charge is 0.495 e. The van der Waals surface area contributed by atoms with Crippen LogP contribution in [-0.2, 0) is 12.8 Å². The first kappa shape index (κ1) is 14.4. The quantitative estimate of drug-likeness (QED) is 0.922. The summed E-state index contributed by atoms with van der Waals surface area (Å²) in [7, 11) is 1.63. The molecular formula is C16H17BrN2O2. The second kappa shape index (κ2) is 6.03. The molecule has 1 aromatic heterocycles. The van der Waals surface area contributed by atoms with Crippen LogP contribution in [0.5, 0.6) is 11.5 Å². The average Bonchev–Trinajstić information content (AvgIpc) is 2.95. The van der Waals surface area contributed by atoms with E-state index >= 15 is 0 Å². The van der Waals surface area contributed by atoms with Crippen LogP contribution in [0.25, 0.3) is 0 Å². The molecule has 2 N–H and O–H groups in total. The Morgan fingerprint density at radius 3 is 3.14 bits per heavy atom. The summed E-state index contributed by atoms with van der Waals surface area (Å²) in [5.74, 6) is 1.71. The highest BCUT2D eigenvalue weighted by Crippen LogP contribution is 2.35. The SMILES string of the molecule is COc1cnccc1C(N)Cc1cc(Br)cc2c1OCC2. The van der Waals surface area contributed by atoms with Gasteiger partial charge in [-0.25, -0.2) is 0 Å². The molecule has 4 nitrogen and oxygen atoms in total. The van der Waals surface area contributed by atoms with Crippen LogP contribution in [-0.4, -0.2) is 18.7 Å². The lowest BCUT2D eigenvalue weighted by Gasteiger charge is -2.17. The number of benzene rings is 1. The van der Waals surface area contributed by atoms with Gasteiger partial charge in [-0.05, 0) is 35.7 Å². The number of rotatable bonds is 4. The second-order valence-electron chi connectivity index (χ2n) is 5.08. The van der Waals surface area contributed by atoms with Crippen LogP contribution < -0.4 is 15.2 Å². The molecule has 2 aromatic rings. The molecule has 3 rings (SSSR count). The Balaban J connectivity index is 1.90. The molecule has 1 aromatic carbocycles. The smallest absolute Gasteiger partial charge is 0.141 e. The predicted octanol–water partition coefficient (Wildman–Crippen LogP) is 3.03. The van der Waals surface area contributed by atoms with Gasteiger partial charge in [0.1, 0.15) is 11.5 Å². The minimum Gasteiger partial charge on any atom is -0.495 e. The third-order valence-electron chi connectivity index (χ3n) is 3.70. The van der Waals surface area contributed by atoms with E-state index in [-0.39, 0.29) is 6.04 Å². The molecule has 0 bridgehead atoms. The van der Waals surface area contributed by atoms with E-state index in [4.69, 9.17) is 15.2 Å². The van der Waals surface area contributed by atoms with Gasteiger partial charge >= 0.3 is 0 Å². The van der Waals surface area contributed by atoms with Crippen molar-refractivity contribution in [2.75, 3.05) is 13.7 Å². The van der Waals surface area contributed by atoms with Crippen molar-refractivity contribution in [3.8, 4) is 11.5 Å². The Morgan fingerprint density at radius 2 is 2.33 bits per heavy atom. The maximum absolute atomic E-state index is 6.37. The molecule has 0 amide bonds. The molecule has 21 heavy (non-hydrogen) atoms. The molecule has 0 saturated carbocycles. The number of hydrogen-bond donors (Lipinski definition) is 1. The lowest BCUT2D eigenvalue weighted by Crippen LogP contribution is -2.15. The van der Waals surface area contributed by atoms with Crippen molar-refractivity contribution >= 4 is 15.9 Å². The fraction of sp³-hybridized carbons (Fsp3) is 0.312. The maximum atomic E-state index is 6.37. The van der Waals surface area contributed by atoms with Crippen molar-refractivity contribution in [3.63, 3.8) is 0 Å². The normalized spacial score (nSPS) is 14.4. The number of fused-ring (bicyclic) bond motifs is 1. The Kier molecular flexibility index (Phi) is 4.12. The number of halogens is 1. The van der Waals surface area contributed by atoms with Crippen LogP contribution >= 0.6 is 15.9 Å². The number of methoxy groups -OCH3 is 1. The van der Waals surface area contributed by atoms with Gasteiger partial charge in [-0.2, -0.15) is 0 Å². The summed E-state index contributed by atoms with van der Waals surface area (Å²) in [5, 5.41) is 0. The number of nitrogens with zero attached hydrogens (tertiary/aromatic N) is 1. The lowest BCUT2D eigenvalue weighted by atomic mass is 9.97. The molecule has 110 valence electrons. The van der Waals surface area contributed by atoms with Crippen LogP contribution in [0.1, 0.15) is 22.7 Å². The van der Waals surface area contributed by atoms with Crippen molar-refractivity contribution < 1.29 is 9.47 Å². The van der Waals surface area contributed by atoms with Gasteiger partial charge in [0.15, 0.2) is 0 Å². The number of ether oxygens (including phenoxy) is 2. The lowest BCUT2D eigenvalue weighted by molar-refractivity contribution is 0.352. The molecule has 1 aliphatic rings. The third-order valence-corrected chi connectivity index (χ3v) is 4.16. The van der Waals surface area contributed by atoms with Crippen molar-refractivity contribution in [1.29, 1.82) is 0 Å². The molecule has 1 aliphatic heterocycles. The predicted molar refractivity (Wildman–Crippen MR) is 84.8 cm³/mol. The Hall–Kier alpha value is -1.59. The van der Waals surface area contributed by atoms with Gasteiger partial charge < -0.3 is 15.2 Å². The summed E-state index contributed by atoms with van der Waals surface area (Å²) in [4.78, 5) is 4.06. The van der Waals surface area contributed by atoms with E-state index in [1.54, 1.807) is 19.5 Å². The highest BCUT2D eigenvalue weighted by molar-refractivity contribution is 9.10. The molecule has 2 heterocycles. The number of aromatic nitrogens is 1. The van der Waals surface area contributed by atoms with E-state index in [1.165, 1.54) is 5.56 Å². The highest BCUT2D eigenvalue weighted by atomic mass is 79.9. The molecule has 0 fully saturated rings. The van der Waals surface area contributed by atoms with Gasteiger partial charge in [-0.15, -0.1) is 0 Å². The first-order valence-corrected chi connectivity index (χ1v) is 7.66. The molecule has 0 aliphatic carbocycles. The van der Waals surface area contributed by atoms with E-state index in [2.05, 4.69) is 33.0 Å². The van der Waals surface area contributed by atoms with Crippen LogP contribution in [0, 0.1) is 0 Å². The van der Waals surface area contributed by atoms with Crippen LogP contribution in [0.2, 0.25) is 0 Å². The van der Waals surface area contributed by atoms with Crippen LogP contribution in [0.4, 0.5) is 0 Å². The molecule has 1 atom stereocenters. The van der Waals surface area contributed by atoms with Gasteiger partial charge in [0, 0.05) is 28.7 Å². The summed E-state index contributed by atoms with van der Waals surface area (Å²) in [6.45, 7) is 0.743. The van der Waals surface area contributed by atoms with Crippen molar-refractivity contribution in [2.45, 2.75) is 18.9 Å². The third kappa shape index (κ3) is 2.89. The van der Waals surface area contributed by atoms with Crippen molar-refractivity contribution in [2.24, 2.45) is 5.73 Å². The summed E-state index contributed by atoms with van der Waals surface area (Å²) in [6, 6.07) is 5.94. The molecule has 5 heteroatoms. The van der Waals surface area contributed by atoms with Crippen LogP contribution in [0.15, 0.2) is 35.1 Å². The van der Waals surface area contributed by atoms with Crippen molar-refractivity contribution in [3.05, 3.63) is 51.8 Å². The number of nitrogens with two attached hydrogens (primary N) is 1. The zero-order chi connectivity index (χ0) is 14.8. The van der Waals surface area contributed by atoms with Crippen molar-refractivity contribution in [1.82, 2.24) is 4.98 Å². The van der Waals surface area contributed by atoms with E-state index in [1.807, 2.05) is 6.07 Å². The van der Waals surface area contributed by atoms with E-state index in [0.717, 1.165) is 40.1 Å². The fourth-order valence-corrected chi connectivity index (χ4v) is 3.26. The molecule has 0 saturated heterocycles. The van der Waals surface area contributed by atoms with E-state index < -0.39 is 0 Å². The monoisotopic (exact) mass is 348 g/mol. The highest BCUT2D eigenvalue weighted by Gasteiger charge is 2.20. The summed E-state index contributed by atoms with van der Waals surface area (Å²) in [6.07, 6.45) is 5.08. The Morgan fingerprint density at radius 1 is 1.48 bits per heavy atom. The minimum atomic E-state index is -0.162. The molecule has 0 spiro atoms. The van der Waals surface area contributed by atoms with Gasteiger partial charge in [-0.1, -0.05) is 15.9 Å². The summed E-state index contributed by atoms with van der Waals surface area (Å²) in [5.41, 5.74) is 9.70. The average molecular weight is 349 g/mol. The Labute approximate surface area is 132 Å². The zero-order valence-electron chi connectivity index (χ0n) is 11.8. The minimum absolute atomic E-state index is 0.162. The molecule has 0 radical (unpaired) electrons. The fourth-order valence-electron chi connectivity index (χ4n) is 2.71. The number of hydrogen-bond acceptors (Lipinski definition) is 4. The summed E-state index contributed by atoms with van der Waals surface area (Å²) < 4.78 is 12.2. The topological polar surface area (TPSA) is 57.4 Å². The van der Waals surface area contributed by atoms with Gasteiger partial charge in [0.2, 0.25) is 0 Å². The standard InChI is InChI=1S/C16H17BrN2O2/c1-20-15-9-19-4-2-13(15)14(18)8-11-7-12(17)6-10-3-5-21-16(10)11/h2,4,6-7,9,14H,3,5,8,18H2,1H3.